The number of carbonyl (C=O) groups is 3. The van der Waals surface area contributed by atoms with Gasteiger partial charge in [-0.25, -0.2) is 4.79 Å². The van der Waals surface area contributed by atoms with E-state index in [-0.39, 0.29) is 18.1 Å². The number of fused-ring (bicyclic) bond motifs is 1. The number of anilines is 2. The lowest BCUT2D eigenvalue weighted by atomic mass is 9.94. The summed E-state index contributed by atoms with van der Waals surface area (Å²) in [7, 11) is 0. The van der Waals surface area contributed by atoms with Crippen LogP contribution in [0.3, 0.4) is 0 Å². The van der Waals surface area contributed by atoms with Crippen molar-refractivity contribution >= 4 is 29.3 Å². The first kappa shape index (κ1) is 23.8. The fraction of sp³-hybridized carbons (Fsp3) is 0.160. The molecule has 0 spiro atoms. The van der Waals surface area contributed by atoms with Crippen LogP contribution in [-0.2, 0) is 17.4 Å². The molecule has 7 nitrogen and oxygen atoms in total. The van der Waals surface area contributed by atoms with E-state index in [9.17, 15) is 27.6 Å². The number of alkyl halides is 3. The Kier molecular flexibility index (Phi) is 6.46. The van der Waals surface area contributed by atoms with Gasteiger partial charge in [-0.3, -0.25) is 9.59 Å². The van der Waals surface area contributed by atoms with Crippen molar-refractivity contribution in [1.82, 2.24) is 4.90 Å². The molecule has 0 aromatic heterocycles. The predicted octanol–water partition coefficient (Wildman–Crippen LogP) is 5.10. The molecular formula is C25H20F3N3O4. The van der Waals surface area contributed by atoms with Crippen molar-refractivity contribution in [3.8, 4) is 11.1 Å². The molecular weight excluding hydrogens is 463 g/mol. The van der Waals surface area contributed by atoms with E-state index in [1.807, 2.05) is 6.07 Å². The van der Waals surface area contributed by atoms with E-state index in [0.717, 1.165) is 28.8 Å². The molecule has 0 atom stereocenters. The highest BCUT2D eigenvalue weighted by Gasteiger charge is 2.30. The van der Waals surface area contributed by atoms with E-state index < -0.39 is 23.7 Å². The molecule has 0 radical (unpaired) electrons. The first-order valence-corrected chi connectivity index (χ1v) is 10.6. The minimum atomic E-state index is -4.51. The number of carboxylic acids is 1. The molecule has 3 aromatic carbocycles. The second-order valence-corrected chi connectivity index (χ2v) is 7.98. The number of aliphatic carboxylic acids is 1. The number of carbonyl (C=O) groups excluding carboxylic acids is 2. The molecule has 0 saturated carbocycles. The zero-order chi connectivity index (χ0) is 25.2. The molecule has 3 aromatic rings. The molecule has 1 aliphatic rings. The number of hydrogen-bond donors (Lipinski definition) is 3. The molecule has 0 unspecified atom stereocenters. The van der Waals surface area contributed by atoms with E-state index in [1.165, 1.54) is 17.0 Å². The quantitative estimate of drug-likeness (QED) is 0.470. The molecule has 3 amide bonds. The Morgan fingerprint density at radius 2 is 1.60 bits per heavy atom. The topological polar surface area (TPSA) is 98.7 Å². The van der Waals surface area contributed by atoms with Crippen LogP contribution in [0.1, 0.15) is 21.5 Å². The van der Waals surface area contributed by atoms with Crippen LogP contribution in [0.5, 0.6) is 0 Å². The van der Waals surface area contributed by atoms with Crippen molar-refractivity contribution in [2.24, 2.45) is 0 Å². The zero-order valence-corrected chi connectivity index (χ0v) is 18.2. The fourth-order valence-electron chi connectivity index (χ4n) is 3.84. The van der Waals surface area contributed by atoms with Gasteiger partial charge < -0.3 is 20.6 Å². The third-order valence-corrected chi connectivity index (χ3v) is 5.52. The number of benzene rings is 3. The van der Waals surface area contributed by atoms with Crippen molar-refractivity contribution in [2.75, 3.05) is 23.7 Å². The van der Waals surface area contributed by atoms with Gasteiger partial charge in [0.2, 0.25) is 0 Å². The number of halogens is 3. The molecule has 0 aliphatic carbocycles. The molecule has 4 rings (SSSR count). The van der Waals surface area contributed by atoms with Crippen molar-refractivity contribution in [3.63, 3.8) is 0 Å². The number of nitrogens with zero attached hydrogens (tertiary/aromatic N) is 1. The summed E-state index contributed by atoms with van der Waals surface area (Å²) < 4.78 is 38.5. The van der Waals surface area contributed by atoms with E-state index in [4.69, 9.17) is 5.11 Å². The van der Waals surface area contributed by atoms with Crippen LogP contribution < -0.4 is 10.6 Å². The third kappa shape index (κ3) is 5.60. The maximum Gasteiger partial charge on any atom is 0.416 e. The van der Waals surface area contributed by atoms with Gasteiger partial charge in [0.15, 0.2) is 0 Å². The van der Waals surface area contributed by atoms with E-state index in [0.29, 0.717) is 24.2 Å². The van der Waals surface area contributed by atoms with E-state index >= 15 is 0 Å². The Balaban J connectivity index is 1.42. The van der Waals surface area contributed by atoms with Gasteiger partial charge in [0.05, 0.1) is 5.56 Å². The second-order valence-electron chi connectivity index (χ2n) is 7.98. The summed E-state index contributed by atoms with van der Waals surface area (Å²) in [5, 5.41) is 13.9. The average Bonchev–Trinajstić information content (AvgIpc) is 2.80. The maximum atomic E-state index is 12.8. The molecule has 10 heteroatoms. The highest BCUT2D eigenvalue weighted by molar-refractivity contribution is 6.00. The number of hydrogen-bond acceptors (Lipinski definition) is 3. The van der Waals surface area contributed by atoms with Crippen LogP contribution in [-0.4, -0.2) is 41.0 Å². The summed E-state index contributed by atoms with van der Waals surface area (Å²) in [6, 6.07) is 15.8. The SMILES string of the molecule is O=C(O)CN1CCc2cc(-c3ccc(NC(=O)Nc4cccc(C(F)(F)F)c4)cc3)ccc2C1=O. The molecule has 35 heavy (non-hydrogen) atoms. The minimum absolute atomic E-state index is 0.0134. The van der Waals surface area contributed by atoms with Crippen molar-refractivity contribution in [1.29, 1.82) is 0 Å². The lowest BCUT2D eigenvalue weighted by Gasteiger charge is -2.27. The van der Waals surface area contributed by atoms with Crippen LogP contribution in [0, 0.1) is 0 Å². The van der Waals surface area contributed by atoms with Crippen molar-refractivity contribution in [3.05, 3.63) is 83.4 Å². The average molecular weight is 483 g/mol. The zero-order valence-electron chi connectivity index (χ0n) is 18.2. The van der Waals surface area contributed by atoms with Crippen molar-refractivity contribution in [2.45, 2.75) is 12.6 Å². The molecule has 0 bridgehead atoms. The third-order valence-electron chi connectivity index (χ3n) is 5.52. The summed E-state index contributed by atoms with van der Waals surface area (Å²) in [6.45, 7) is -0.0126. The van der Waals surface area contributed by atoms with Gasteiger partial charge >= 0.3 is 18.2 Å². The Bertz CT molecular complexity index is 1290. The Morgan fingerprint density at radius 1 is 0.914 bits per heavy atom. The largest absolute Gasteiger partial charge is 0.480 e. The van der Waals surface area contributed by atoms with Crippen molar-refractivity contribution < 1.29 is 32.7 Å². The Labute approximate surface area is 198 Å². The lowest BCUT2D eigenvalue weighted by molar-refractivity contribution is -0.138. The summed E-state index contributed by atoms with van der Waals surface area (Å²) in [4.78, 5) is 36.9. The van der Waals surface area contributed by atoms with Gasteiger partial charge in [0.1, 0.15) is 6.54 Å². The number of amides is 3. The summed E-state index contributed by atoms with van der Waals surface area (Å²) in [5.41, 5.74) is 2.58. The summed E-state index contributed by atoms with van der Waals surface area (Å²) >= 11 is 0. The summed E-state index contributed by atoms with van der Waals surface area (Å²) in [5.74, 6) is -1.37. The Hall–Kier alpha value is -4.34. The van der Waals surface area contributed by atoms with Crippen LogP contribution >= 0.6 is 0 Å². The van der Waals surface area contributed by atoms with Crippen LogP contribution in [0.15, 0.2) is 66.7 Å². The highest BCUT2D eigenvalue weighted by Crippen LogP contribution is 2.31. The van der Waals surface area contributed by atoms with Gasteiger partial charge in [-0.15, -0.1) is 0 Å². The highest BCUT2D eigenvalue weighted by atomic mass is 19.4. The Morgan fingerprint density at radius 3 is 2.29 bits per heavy atom. The monoisotopic (exact) mass is 483 g/mol. The van der Waals surface area contributed by atoms with Crippen LogP contribution in [0.4, 0.5) is 29.3 Å². The predicted molar refractivity (Wildman–Crippen MR) is 123 cm³/mol. The first-order chi connectivity index (χ1) is 16.6. The lowest BCUT2D eigenvalue weighted by Crippen LogP contribution is -2.40. The molecule has 1 aliphatic heterocycles. The minimum Gasteiger partial charge on any atom is -0.480 e. The fourth-order valence-corrected chi connectivity index (χ4v) is 3.84. The van der Waals surface area contributed by atoms with Gasteiger partial charge in [0.25, 0.3) is 5.91 Å². The molecule has 180 valence electrons. The van der Waals surface area contributed by atoms with Gasteiger partial charge in [0, 0.05) is 23.5 Å². The normalized spacial score (nSPS) is 13.2. The molecule has 0 saturated heterocycles. The smallest absolute Gasteiger partial charge is 0.416 e. The second kappa shape index (κ2) is 9.49. The number of rotatable bonds is 5. The summed E-state index contributed by atoms with van der Waals surface area (Å²) in [6.07, 6.45) is -3.97. The van der Waals surface area contributed by atoms with Gasteiger partial charge in [-0.2, -0.15) is 13.2 Å². The van der Waals surface area contributed by atoms with Crippen LogP contribution in [0.2, 0.25) is 0 Å². The first-order valence-electron chi connectivity index (χ1n) is 10.6. The van der Waals surface area contributed by atoms with Crippen LogP contribution in [0.25, 0.3) is 11.1 Å². The molecule has 1 heterocycles. The number of nitrogens with one attached hydrogen (secondary N) is 2. The maximum absolute atomic E-state index is 12.8. The van der Waals surface area contributed by atoms with E-state index in [2.05, 4.69) is 10.6 Å². The number of urea groups is 1. The molecule has 0 fully saturated rings. The van der Waals surface area contributed by atoms with Gasteiger partial charge in [-0.1, -0.05) is 30.3 Å². The van der Waals surface area contributed by atoms with Gasteiger partial charge in [-0.05, 0) is 59.5 Å². The van der Waals surface area contributed by atoms with E-state index in [1.54, 1.807) is 36.4 Å². The standard InChI is InChI=1S/C25H20F3N3O4/c26-25(27,28)18-2-1-3-20(13-18)30-24(35)29-19-7-4-15(5-8-19)16-6-9-21-17(12-16)10-11-31(23(21)34)14-22(32)33/h1-9,12-13H,10-11,14H2,(H,32,33)(H2,29,30,35). The molecule has 3 N–H and O–H groups in total. The number of carboxylic acid groups (broad SMARTS) is 1.